The zero-order chi connectivity index (χ0) is 8.27. The Hall–Kier alpha value is 0.650. The molecule has 0 fully saturated rings. The summed E-state index contributed by atoms with van der Waals surface area (Å²) in [6, 6.07) is 7.35. The molecule has 0 atom stereocenters. The maximum atomic E-state index is 10.5. The van der Waals surface area contributed by atoms with Crippen LogP contribution >= 0.6 is 0 Å². The van der Waals surface area contributed by atoms with E-state index >= 15 is 0 Å². The Morgan fingerprint density at radius 3 is 1.93 bits per heavy atom. The van der Waals surface area contributed by atoms with Gasteiger partial charge in [0.1, 0.15) is 5.75 Å². The number of hydrogen-bond acceptors (Lipinski definition) is 2. The van der Waals surface area contributed by atoms with Gasteiger partial charge in [-0.15, -0.1) is 0 Å². The van der Waals surface area contributed by atoms with Crippen LogP contribution in [0.15, 0.2) is 24.3 Å². The first kappa shape index (κ1) is 20.1. The summed E-state index contributed by atoms with van der Waals surface area (Å²) in [7, 11) is 0. The van der Waals surface area contributed by atoms with Crippen LogP contribution in [0.4, 0.5) is 0 Å². The average Bonchev–Trinajstić information content (AvgIpc) is 1.93. The summed E-state index contributed by atoms with van der Waals surface area (Å²) < 4.78 is 4.83. The SMILES string of the molecule is CC(=O)Oc1ccc(C)cc1.O.[NaH].[NaH]. The van der Waals surface area contributed by atoms with Crippen molar-refractivity contribution in [1.82, 2.24) is 0 Å². The van der Waals surface area contributed by atoms with Gasteiger partial charge in [-0.1, -0.05) is 17.7 Å². The monoisotopic (exact) mass is 216 g/mol. The number of rotatable bonds is 1. The molecule has 3 nitrogen and oxygen atoms in total. The van der Waals surface area contributed by atoms with Gasteiger partial charge < -0.3 is 10.2 Å². The fourth-order valence-corrected chi connectivity index (χ4v) is 0.772. The van der Waals surface area contributed by atoms with Crippen molar-refractivity contribution in [3.63, 3.8) is 0 Å². The number of benzene rings is 1. The molecule has 0 aliphatic carbocycles. The van der Waals surface area contributed by atoms with Crippen molar-refractivity contribution in [3.05, 3.63) is 29.8 Å². The Balaban J connectivity index is -0.000000403. The van der Waals surface area contributed by atoms with Gasteiger partial charge in [0.2, 0.25) is 0 Å². The van der Waals surface area contributed by atoms with Crippen molar-refractivity contribution < 1.29 is 15.0 Å². The second-order valence-corrected chi connectivity index (χ2v) is 2.41. The van der Waals surface area contributed by atoms with Gasteiger partial charge in [-0.3, -0.25) is 4.79 Å². The van der Waals surface area contributed by atoms with E-state index in [-0.39, 0.29) is 70.6 Å². The van der Waals surface area contributed by atoms with Gasteiger partial charge in [0.05, 0.1) is 0 Å². The molecule has 1 aromatic carbocycles. The number of ether oxygens (including phenoxy) is 1. The Kier molecular flexibility index (Phi) is 14.6. The first-order valence-corrected chi connectivity index (χ1v) is 3.43. The van der Waals surface area contributed by atoms with E-state index in [0.29, 0.717) is 5.75 Å². The molecule has 70 valence electrons. The summed E-state index contributed by atoms with van der Waals surface area (Å²) in [4.78, 5) is 10.5. The quantitative estimate of drug-likeness (QED) is 0.371. The molecule has 1 aromatic rings. The van der Waals surface area contributed by atoms with E-state index in [1.54, 1.807) is 12.1 Å². The predicted octanol–water partition coefficient (Wildman–Crippen LogP) is -0.201. The molecule has 0 bridgehead atoms. The van der Waals surface area contributed by atoms with Crippen LogP contribution in [0.25, 0.3) is 0 Å². The van der Waals surface area contributed by atoms with Crippen molar-refractivity contribution in [1.29, 1.82) is 0 Å². The van der Waals surface area contributed by atoms with E-state index in [9.17, 15) is 4.79 Å². The molecule has 0 unspecified atom stereocenters. The minimum atomic E-state index is -0.283. The molecule has 0 heterocycles. The summed E-state index contributed by atoms with van der Waals surface area (Å²) in [5.74, 6) is 0.317. The Labute approximate surface area is 128 Å². The third-order valence-corrected chi connectivity index (χ3v) is 1.28. The number of esters is 1. The van der Waals surface area contributed by atoms with Crippen LogP contribution in [0, 0.1) is 6.92 Å². The van der Waals surface area contributed by atoms with Crippen LogP contribution in [0.1, 0.15) is 12.5 Å². The van der Waals surface area contributed by atoms with E-state index in [4.69, 9.17) is 4.74 Å². The van der Waals surface area contributed by atoms with E-state index < -0.39 is 0 Å². The van der Waals surface area contributed by atoms with Crippen molar-refractivity contribution in [2.24, 2.45) is 0 Å². The predicted molar refractivity (Wildman–Crippen MR) is 60.4 cm³/mol. The molecule has 0 aliphatic rings. The molecular formula is C9H14Na2O3. The van der Waals surface area contributed by atoms with Crippen LogP contribution in [-0.4, -0.2) is 70.6 Å². The van der Waals surface area contributed by atoms with E-state index in [0.717, 1.165) is 5.56 Å². The normalized spacial score (nSPS) is 7.29. The topological polar surface area (TPSA) is 57.8 Å². The summed E-state index contributed by atoms with van der Waals surface area (Å²) in [5, 5.41) is 0. The zero-order valence-corrected chi connectivity index (χ0v) is 7.13. The number of carbonyl (C=O) groups excluding carboxylic acids is 1. The van der Waals surface area contributed by atoms with Crippen molar-refractivity contribution >= 4 is 65.1 Å². The Morgan fingerprint density at radius 1 is 1.14 bits per heavy atom. The fraction of sp³-hybridized carbons (Fsp3) is 0.222. The van der Waals surface area contributed by atoms with Crippen LogP contribution < -0.4 is 4.74 Å². The molecule has 1 rings (SSSR count). The molecular weight excluding hydrogens is 202 g/mol. The summed E-state index contributed by atoms with van der Waals surface area (Å²) in [5.41, 5.74) is 1.15. The van der Waals surface area contributed by atoms with E-state index in [1.807, 2.05) is 19.1 Å². The van der Waals surface area contributed by atoms with Gasteiger partial charge in [-0.2, -0.15) is 0 Å². The standard InChI is InChI=1S/C9H10O2.2Na.H2O.2H/c1-7-3-5-9(6-4-7)11-8(2)10;;;;;/h3-6H,1-2H3;;;1H2;;. The first-order chi connectivity index (χ1) is 5.18. The van der Waals surface area contributed by atoms with Gasteiger partial charge in [-0.05, 0) is 19.1 Å². The van der Waals surface area contributed by atoms with Crippen LogP contribution in [0.5, 0.6) is 5.75 Å². The molecule has 14 heavy (non-hydrogen) atoms. The zero-order valence-electron chi connectivity index (χ0n) is 7.13. The van der Waals surface area contributed by atoms with Crippen LogP contribution in [0.2, 0.25) is 0 Å². The van der Waals surface area contributed by atoms with Crippen molar-refractivity contribution in [3.8, 4) is 5.75 Å². The van der Waals surface area contributed by atoms with Crippen LogP contribution in [0.3, 0.4) is 0 Å². The third-order valence-electron chi connectivity index (χ3n) is 1.28. The molecule has 0 aliphatic heterocycles. The Bertz CT molecular complexity index is 259. The van der Waals surface area contributed by atoms with Gasteiger partial charge in [-0.25, -0.2) is 0 Å². The second kappa shape index (κ2) is 10.2. The molecule has 2 N–H and O–H groups in total. The van der Waals surface area contributed by atoms with Gasteiger partial charge in [0.15, 0.2) is 0 Å². The van der Waals surface area contributed by atoms with Gasteiger partial charge in [0, 0.05) is 6.92 Å². The number of carbonyl (C=O) groups is 1. The molecule has 5 heteroatoms. The van der Waals surface area contributed by atoms with Gasteiger partial charge in [0.25, 0.3) is 0 Å². The maximum absolute atomic E-state index is 10.5. The molecule has 0 saturated carbocycles. The molecule has 0 saturated heterocycles. The summed E-state index contributed by atoms with van der Waals surface area (Å²) >= 11 is 0. The first-order valence-electron chi connectivity index (χ1n) is 3.43. The van der Waals surface area contributed by atoms with Crippen molar-refractivity contribution in [2.45, 2.75) is 13.8 Å². The van der Waals surface area contributed by atoms with Crippen molar-refractivity contribution in [2.75, 3.05) is 0 Å². The minimum absolute atomic E-state index is 0. The number of aryl methyl sites for hydroxylation is 1. The molecule has 0 spiro atoms. The Morgan fingerprint density at radius 2 is 1.57 bits per heavy atom. The molecule has 0 amide bonds. The average molecular weight is 216 g/mol. The van der Waals surface area contributed by atoms with Gasteiger partial charge >= 0.3 is 65.1 Å². The molecule has 0 aromatic heterocycles. The summed E-state index contributed by atoms with van der Waals surface area (Å²) in [6.07, 6.45) is 0. The van der Waals surface area contributed by atoms with Crippen LogP contribution in [-0.2, 0) is 4.79 Å². The van der Waals surface area contributed by atoms with E-state index in [2.05, 4.69) is 0 Å². The second-order valence-electron chi connectivity index (χ2n) is 2.41. The molecule has 0 radical (unpaired) electrons. The third kappa shape index (κ3) is 8.00. The summed E-state index contributed by atoms with van der Waals surface area (Å²) in [6.45, 7) is 3.37. The number of hydrogen-bond donors (Lipinski definition) is 0. The van der Waals surface area contributed by atoms with E-state index in [1.165, 1.54) is 6.92 Å². The fourth-order valence-electron chi connectivity index (χ4n) is 0.772.